The number of esters is 1. The Morgan fingerprint density at radius 2 is 2.05 bits per heavy atom. The Balaban J connectivity index is 1.96. The summed E-state index contributed by atoms with van der Waals surface area (Å²) in [5.74, 6) is -0.588. The van der Waals surface area contributed by atoms with Gasteiger partial charge in [0.15, 0.2) is 5.69 Å². The molecular formula is C14H20N4O4. The highest BCUT2D eigenvalue weighted by atomic mass is 16.5. The minimum Gasteiger partial charge on any atom is -0.468 e. The summed E-state index contributed by atoms with van der Waals surface area (Å²) < 4.78 is 5.87. The van der Waals surface area contributed by atoms with Crippen LogP contribution in [0.3, 0.4) is 0 Å². The van der Waals surface area contributed by atoms with Gasteiger partial charge >= 0.3 is 5.97 Å². The molecule has 2 amide bonds. The molecule has 0 bridgehead atoms. The first kappa shape index (κ1) is 16.0. The lowest BCUT2D eigenvalue weighted by Crippen LogP contribution is -2.30. The first-order valence-corrected chi connectivity index (χ1v) is 7.21. The quantitative estimate of drug-likeness (QED) is 0.769. The molecule has 0 aliphatic heterocycles. The predicted octanol–water partition coefficient (Wildman–Crippen LogP) is 0.452. The SMILES string of the molecule is COC(=O)CNC(=O)c1cc(NC(=O)C2CCCC2)n(C)n1. The van der Waals surface area contributed by atoms with E-state index in [1.54, 1.807) is 7.05 Å². The summed E-state index contributed by atoms with van der Waals surface area (Å²) in [4.78, 5) is 34.9. The topological polar surface area (TPSA) is 102 Å². The Bertz CT molecular complexity index is 575. The third-order valence-corrected chi connectivity index (χ3v) is 3.71. The van der Waals surface area contributed by atoms with Crippen molar-refractivity contribution in [3.05, 3.63) is 11.8 Å². The van der Waals surface area contributed by atoms with Crippen LogP contribution >= 0.6 is 0 Å². The number of carbonyl (C=O) groups is 3. The molecule has 1 aromatic heterocycles. The maximum absolute atomic E-state index is 12.1. The predicted molar refractivity (Wildman–Crippen MR) is 78.1 cm³/mol. The van der Waals surface area contributed by atoms with Crippen LogP contribution in [0.15, 0.2) is 6.07 Å². The van der Waals surface area contributed by atoms with Gasteiger partial charge in [0, 0.05) is 19.0 Å². The van der Waals surface area contributed by atoms with Gasteiger partial charge in [-0.15, -0.1) is 0 Å². The number of methoxy groups -OCH3 is 1. The van der Waals surface area contributed by atoms with Crippen molar-refractivity contribution in [2.75, 3.05) is 19.0 Å². The fraction of sp³-hybridized carbons (Fsp3) is 0.571. The monoisotopic (exact) mass is 308 g/mol. The second kappa shape index (κ2) is 7.06. The molecule has 1 heterocycles. The van der Waals surface area contributed by atoms with E-state index in [2.05, 4.69) is 20.5 Å². The Kier molecular flexibility index (Phi) is 5.13. The van der Waals surface area contributed by atoms with Crippen LogP contribution in [0, 0.1) is 5.92 Å². The third-order valence-electron chi connectivity index (χ3n) is 3.71. The second-order valence-electron chi connectivity index (χ2n) is 5.27. The van der Waals surface area contributed by atoms with Gasteiger partial charge in [-0.3, -0.25) is 19.1 Å². The summed E-state index contributed by atoms with van der Waals surface area (Å²) >= 11 is 0. The number of hydrogen-bond donors (Lipinski definition) is 2. The molecule has 1 aliphatic carbocycles. The molecule has 0 unspecified atom stereocenters. The highest BCUT2D eigenvalue weighted by Crippen LogP contribution is 2.26. The van der Waals surface area contributed by atoms with E-state index in [0.717, 1.165) is 25.7 Å². The fourth-order valence-electron chi connectivity index (χ4n) is 2.43. The van der Waals surface area contributed by atoms with Gasteiger partial charge in [-0.25, -0.2) is 0 Å². The molecule has 1 aliphatic rings. The van der Waals surface area contributed by atoms with Crippen molar-refractivity contribution in [2.24, 2.45) is 13.0 Å². The van der Waals surface area contributed by atoms with Crippen molar-refractivity contribution < 1.29 is 19.1 Å². The summed E-state index contributed by atoms with van der Waals surface area (Å²) in [5, 5.41) is 9.22. The average molecular weight is 308 g/mol. The fourth-order valence-corrected chi connectivity index (χ4v) is 2.43. The average Bonchev–Trinajstić information content (AvgIpc) is 3.15. The molecule has 8 nitrogen and oxygen atoms in total. The summed E-state index contributed by atoms with van der Waals surface area (Å²) in [7, 11) is 2.88. The number of amides is 2. The highest BCUT2D eigenvalue weighted by molar-refractivity contribution is 5.97. The Morgan fingerprint density at radius 3 is 2.68 bits per heavy atom. The first-order chi connectivity index (χ1) is 10.5. The van der Waals surface area contributed by atoms with Crippen LogP contribution in [0.1, 0.15) is 36.2 Å². The van der Waals surface area contributed by atoms with Crippen LogP contribution in [0.4, 0.5) is 5.82 Å². The van der Waals surface area contributed by atoms with E-state index in [-0.39, 0.29) is 24.1 Å². The summed E-state index contributed by atoms with van der Waals surface area (Å²) in [6.07, 6.45) is 3.95. The third kappa shape index (κ3) is 3.84. The van der Waals surface area contributed by atoms with Gasteiger partial charge in [0.1, 0.15) is 12.4 Å². The van der Waals surface area contributed by atoms with Gasteiger partial charge in [0.2, 0.25) is 5.91 Å². The minimum absolute atomic E-state index is 0.0338. The number of hydrogen-bond acceptors (Lipinski definition) is 5. The lowest BCUT2D eigenvalue weighted by Gasteiger charge is -2.09. The van der Waals surface area contributed by atoms with E-state index in [1.165, 1.54) is 17.9 Å². The minimum atomic E-state index is -0.543. The van der Waals surface area contributed by atoms with Crippen molar-refractivity contribution in [2.45, 2.75) is 25.7 Å². The van der Waals surface area contributed by atoms with E-state index in [4.69, 9.17) is 0 Å². The summed E-state index contributed by atoms with van der Waals surface area (Å²) in [5.41, 5.74) is 0.133. The molecule has 0 aromatic carbocycles. The Hall–Kier alpha value is -2.38. The largest absolute Gasteiger partial charge is 0.468 e. The van der Waals surface area contributed by atoms with Crippen molar-refractivity contribution in [1.29, 1.82) is 0 Å². The Labute approximate surface area is 128 Å². The number of aromatic nitrogens is 2. The normalized spacial score (nSPS) is 14.6. The van der Waals surface area contributed by atoms with Gasteiger partial charge in [-0.2, -0.15) is 5.10 Å². The number of nitrogens with one attached hydrogen (secondary N) is 2. The van der Waals surface area contributed by atoms with E-state index in [1.807, 2.05) is 0 Å². The lowest BCUT2D eigenvalue weighted by atomic mass is 10.1. The number of rotatable bonds is 5. The van der Waals surface area contributed by atoms with Crippen LogP contribution in [0.5, 0.6) is 0 Å². The number of carbonyl (C=O) groups excluding carboxylic acids is 3. The van der Waals surface area contributed by atoms with Crippen molar-refractivity contribution in [3.8, 4) is 0 Å². The van der Waals surface area contributed by atoms with Crippen LogP contribution < -0.4 is 10.6 Å². The van der Waals surface area contributed by atoms with Crippen LogP contribution in [0.25, 0.3) is 0 Å². The first-order valence-electron chi connectivity index (χ1n) is 7.21. The zero-order valence-corrected chi connectivity index (χ0v) is 12.7. The molecular weight excluding hydrogens is 288 g/mol. The lowest BCUT2D eigenvalue weighted by molar-refractivity contribution is -0.139. The molecule has 2 N–H and O–H groups in total. The number of nitrogens with zero attached hydrogens (tertiary/aromatic N) is 2. The molecule has 0 saturated heterocycles. The van der Waals surface area contributed by atoms with Gasteiger partial charge in [0.25, 0.3) is 5.91 Å². The molecule has 1 saturated carbocycles. The van der Waals surface area contributed by atoms with Crippen LogP contribution in [0.2, 0.25) is 0 Å². The number of anilines is 1. The van der Waals surface area contributed by atoms with Crippen molar-refractivity contribution in [1.82, 2.24) is 15.1 Å². The molecule has 1 fully saturated rings. The van der Waals surface area contributed by atoms with E-state index < -0.39 is 11.9 Å². The highest BCUT2D eigenvalue weighted by Gasteiger charge is 2.24. The second-order valence-corrected chi connectivity index (χ2v) is 5.27. The zero-order chi connectivity index (χ0) is 16.1. The molecule has 8 heteroatoms. The van der Waals surface area contributed by atoms with Gasteiger partial charge in [0.05, 0.1) is 7.11 Å². The molecule has 0 atom stereocenters. The molecule has 120 valence electrons. The Morgan fingerprint density at radius 1 is 1.36 bits per heavy atom. The van der Waals surface area contributed by atoms with Crippen LogP contribution in [-0.2, 0) is 21.4 Å². The molecule has 2 rings (SSSR count). The smallest absolute Gasteiger partial charge is 0.325 e. The summed E-state index contributed by atoms with van der Waals surface area (Å²) in [6, 6.07) is 1.49. The maximum Gasteiger partial charge on any atom is 0.325 e. The number of aryl methyl sites for hydroxylation is 1. The molecule has 0 radical (unpaired) electrons. The van der Waals surface area contributed by atoms with Crippen molar-refractivity contribution in [3.63, 3.8) is 0 Å². The van der Waals surface area contributed by atoms with E-state index in [0.29, 0.717) is 5.82 Å². The molecule has 1 aromatic rings. The van der Waals surface area contributed by atoms with Gasteiger partial charge < -0.3 is 15.4 Å². The van der Waals surface area contributed by atoms with Gasteiger partial charge in [-0.05, 0) is 12.8 Å². The molecule has 22 heavy (non-hydrogen) atoms. The molecule has 0 spiro atoms. The standard InChI is InChI=1S/C14H20N4O4/c1-18-11(16-13(20)9-5-3-4-6-9)7-10(17-18)14(21)15-8-12(19)22-2/h7,9H,3-6,8H2,1-2H3,(H,15,21)(H,16,20). The van der Waals surface area contributed by atoms with Crippen LogP contribution in [-0.4, -0.2) is 41.2 Å². The van der Waals surface area contributed by atoms with E-state index >= 15 is 0 Å². The zero-order valence-electron chi connectivity index (χ0n) is 12.7. The maximum atomic E-state index is 12.1. The van der Waals surface area contributed by atoms with E-state index in [9.17, 15) is 14.4 Å². The summed E-state index contributed by atoms with van der Waals surface area (Å²) in [6.45, 7) is -0.227. The number of ether oxygens (including phenoxy) is 1. The van der Waals surface area contributed by atoms with Crippen molar-refractivity contribution >= 4 is 23.6 Å². The van der Waals surface area contributed by atoms with Gasteiger partial charge in [-0.1, -0.05) is 12.8 Å².